The van der Waals surface area contributed by atoms with Gasteiger partial charge in [0.2, 0.25) is 0 Å². The summed E-state index contributed by atoms with van der Waals surface area (Å²) in [7, 11) is 0. The molecule has 0 bridgehead atoms. The summed E-state index contributed by atoms with van der Waals surface area (Å²) in [6.45, 7) is 4.22. The van der Waals surface area contributed by atoms with E-state index in [1.165, 1.54) is 41.3 Å². The Morgan fingerprint density at radius 1 is 1.40 bits per heavy atom. The van der Waals surface area contributed by atoms with E-state index in [-0.39, 0.29) is 0 Å². The van der Waals surface area contributed by atoms with Crippen LogP contribution in [0.5, 0.6) is 0 Å². The Bertz CT molecular complexity index is 307. The van der Waals surface area contributed by atoms with E-state index < -0.39 is 0 Å². The predicted octanol–water partition coefficient (Wildman–Crippen LogP) is 2.82. The highest BCUT2D eigenvalue weighted by Crippen LogP contribution is 2.29. The summed E-state index contributed by atoms with van der Waals surface area (Å²) < 4.78 is 0. The maximum atomic E-state index is 6.24. The van der Waals surface area contributed by atoms with Crippen molar-refractivity contribution in [3.63, 3.8) is 0 Å². The monoisotopic (exact) mass is 224 g/mol. The summed E-state index contributed by atoms with van der Waals surface area (Å²) in [4.78, 5) is 5.90. The van der Waals surface area contributed by atoms with Crippen LogP contribution in [0, 0.1) is 19.8 Å². The molecule has 0 radical (unpaired) electrons. The molecule has 1 aromatic heterocycles. The van der Waals surface area contributed by atoms with Gasteiger partial charge in [-0.15, -0.1) is 11.3 Å². The van der Waals surface area contributed by atoms with Crippen LogP contribution in [0.15, 0.2) is 0 Å². The number of rotatable bonds is 3. The highest BCUT2D eigenvalue weighted by atomic mass is 32.1. The smallest absolute Gasteiger partial charge is 0.0946 e. The van der Waals surface area contributed by atoms with Crippen LogP contribution in [0.25, 0.3) is 0 Å². The third kappa shape index (κ3) is 2.58. The lowest BCUT2D eigenvalue weighted by Crippen LogP contribution is -2.30. The van der Waals surface area contributed by atoms with Gasteiger partial charge >= 0.3 is 0 Å². The maximum Gasteiger partial charge on any atom is 0.0946 e. The van der Waals surface area contributed by atoms with Gasteiger partial charge in [-0.1, -0.05) is 12.8 Å². The first-order valence-corrected chi connectivity index (χ1v) is 6.67. The van der Waals surface area contributed by atoms with E-state index in [0.29, 0.717) is 6.04 Å². The van der Waals surface area contributed by atoms with Crippen LogP contribution in [0.2, 0.25) is 0 Å². The van der Waals surface area contributed by atoms with E-state index in [2.05, 4.69) is 18.8 Å². The Labute approximate surface area is 95.9 Å². The molecule has 3 heteroatoms. The van der Waals surface area contributed by atoms with Crippen LogP contribution >= 0.6 is 11.3 Å². The Kier molecular flexibility index (Phi) is 3.42. The van der Waals surface area contributed by atoms with Crippen molar-refractivity contribution in [3.8, 4) is 0 Å². The van der Waals surface area contributed by atoms with Crippen molar-refractivity contribution in [1.82, 2.24) is 4.98 Å². The first-order valence-electron chi connectivity index (χ1n) is 5.85. The highest BCUT2D eigenvalue weighted by Gasteiger charge is 2.23. The van der Waals surface area contributed by atoms with E-state index in [4.69, 9.17) is 5.73 Å². The van der Waals surface area contributed by atoms with Gasteiger partial charge in [-0.05, 0) is 32.6 Å². The minimum Gasteiger partial charge on any atom is -0.327 e. The van der Waals surface area contributed by atoms with Gasteiger partial charge in [-0.3, -0.25) is 0 Å². The van der Waals surface area contributed by atoms with Gasteiger partial charge in [-0.2, -0.15) is 0 Å². The number of thiazole rings is 1. The van der Waals surface area contributed by atoms with Gasteiger partial charge in [0.05, 0.1) is 10.7 Å². The molecule has 0 spiro atoms. The Hall–Kier alpha value is -0.410. The molecular formula is C12H20N2S. The van der Waals surface area contributed by atoms with Gasteiger partial charge in [0.1, 0.15) is 0 Å². The van der Waals surface area contributed by atoms with Gasteiger partial charge in [0.25, 0.3) is 0 Å². The fourth-order valence-corrected chi connectivity index (χ4v) is 3.39. The average Bonchev–Trinajstić information content (AvgIpc) is 2.77. The van der Waals surface area contributed by atoms with Gasteiger partial charge < -0.3 is 5.73 Å². The number of aromatic nitrogens is 1. The summed E-state index contributed by atoms with van der Waals surface area (Å²) in [6.07, 6.45) is 6.36. The summed E-state index contributed by atoms with van der Waals surface area (Å²) in [5, 5.41) is 1.23. The normalized spacial score (nSPS) is 19.7. The Morgan fingerprint density at radius 2 is 2.07 bits per heavy atom. The predicted molar refractivity (Wildman–Crippen MR) is 65.2 cm³/mol. The van der Waals surface area contributed by atoms with Crippen molar-refractivity contribution in [1.29, 1.82) is 0 Å². The molecule has 1 heterocycles. The molecule has 2 N–H and O–H groups in total. The second-order valence-electron chi connectivity index (χ2n) is 4.66. The topological polar surface area (TPSA) is 38.9 Å². The molecule has 1 aliphatic carbocycles. The first kappa shape index (κ1) is 11.1. The summed E-state index contributed by atoms with van der Waals surface area (Å²) in [5.74, 6) is 0.745. The van der Waals surface area contributed by atoms with Crippen molar-refractivity contribution in [3.05, 3.63) is 15.6 Å². The Morgan fingerprint density at radius 3 is 2.60 bits per heavy atom. The zero-order chi connectivity index (χ0) is 10.8. The van der Waals surface area contributed by atoms with E-state index in [9.17, 15) is 0 Å². The second kappa shape index (κ2) is 4.62. The molecular weight excluding hydrogens is 204 g/mol. The fraction of sp³-hybridized carbons (Fsp3) is 0.750. The molecule has 1 atom stereocenters. The number of aryl methyl sites for hydroxylation is 2. The lowest BCUT2D eigenvalue weighted by Gasteiger charge is -2.17. The van der Waals surface area contributed by atoms with Crippen LogP contribution in [0.3, 0.4) is 0 Å². The molecule has 84 valence electrons. The van der Waals surface area contributed by atoms with Gasteiger partial charge in [0.15, 0.2) is 0 Å². The number of nitrogens with zero attached hydrogens (tertiary/aromatic N) is 1. The van der Waals surface area contributed by atoms with Crippen molar-refractivity contribution >= 4 is 11.3 Å². The molecule has 0 aromatic carbocycles. The van der Waals surface area contributed by atoms with Crippen LogP contribution in [-0.2, 0) is 6.42 Å². The summed E-state index contributed by atoms with van der Waals surface area (Å²) >= 11 is 1.81. The van der Waals surface area contributed by atoms with E-state index in [1.807, 2.05) is 11.3 Å². The SMILES string of the molecule is Cc1nc(CC(N)C2CCCC2)sc1C. The molecule has 15 heavy (non-hydrogen) atoms. The van der Waals surface area contributed by atoms with E-state index >= 15 is 0 Å². The minimum absolute atomic E-state index is 0.331. The number of hydrogen-bond donors (Lipinski definition) is 1. The quantitative estimate of drug-likeness (QED) is 0.857. The lowest BCUT2D eigenvalue weighted by atomic mass is 9.97. The summed E-state index contributed by atoms with van der Waals surface area (Å²) in [5.41, 5.74) is 7.41. The molecule has 0 aliphatic heterocycles. The number of nitrogens with two attached hydrogens (primary N) is 1. The van der Waals surface area contributed by atoms with Crippen LogP contribution in [-0.4, -0.2) is 11.0 Å². The van der Waals surface area contributed by atoms with Crippen LogP contribution in [0.1, 0.15) is 41.3 Å². The largest absolute Gasteiger partial charge is 0.327 e. The molecule has 0 saturated heterocycles. The Balaban J connectivity index is 1.95. The average molecular weight is 224 g/mol. The van der Waals surface area contributed by atoms with Gasteiger partial charge in [0, 0.05) is 17.3 Å². The molecule has 2 rings (SSSR count). The maximum absolute atomic E-state index is 6.24. The van der Waals surface area contributed by atoms with Gasteiger partial charge in [-0.25, -0.2) is 4.98 Å². The third-order valence-corrected chi connectivity index (χ3v) is 4.58. The number of hydrogen-bond acceptors (Lipinski definition) is 3. The molecule has 1 unspecified atom stereocenters. The standard InChI is InChI=1S/C12H20N2S/c1-8-9(2)15-12(14-8)7-11(13)10-5-3-4-6-10/h10-11H,3-7,13H2,1-2H3. The molecule has 0 amide bonds. The fourth-order valence-electron chi connectivity index (χ4n) is 2.38. The highest BCUT2D eigenvalue weighted by molar-refractivity contribution is 7.11. The molecule has 1 aromatic rings. The molecule has 1 saturated carbocycles. The minimum atomic E-state index is 0.331. The molecule has 1 aliphatic rings. The third-order valence-electron chi connectivity index (χ3n) is 3.49. The van der Waals surface area contributed by atoms with Crippen LogP contribution in [0.4, 0.5) is 0 Å². The van der Waals surface area contributed by atoms with Crippen molar-refractivity contribution in [2.75, 3.05) is 0 Å². The van der Waals surface area contributed by atoms with E-state index in [0.717, 1.165) is 12.3 Å². The van der Waals surface area contributed by atoms with Crippen LogP contribution < -0.4 is 5.73 Å². The summed E-state index contributed by atoms with van der Waals surface area (Å²) in [6, 6.07) is 0.331. The first-order chi connectivity index (χ1) is 7.16. The van der Waals surface area contributed by atoms with Crippen molar-refractivity contribution < 1.29 is 0 Å². The van der Waals surface area contributed by atoms with Crippen molar-refractivity contribution in [2.24, 2.45) is 11.7 Å². The zero-order valence-corrected chi connectivity index (χ0v) is 10.4. The van der Waals surface area contributed by atoms with E-state index in [1.54, 1.807) is 0 Å². The molecule has 1 fully saturated rings. The zero-order valence-electron chi connectivity index (χ0n) is 9.62. The van der Waals surface area contributed by atoms with Crippen molar-refractivity contribution in [2.45, 2.75) is 52.0 Å². The lowest BCUT2D eigenvalue weighted by molar-refractivity contribution is 0.428. The molecule has 2 nitrogen and oxygen atoms in total. The second-order valence-corrected chi connectivity index (χ2v) is 5.95.